The molecule has 5 rings (SSSR count). The lowest BCUT2D eigenvalue weighted by atomic mass is 10.1. The number of aryl methyl sites for hydroxylation is 1. The van der Waals surface area contributed by atoms with Crippen molar-refractivity contribution in [1.29, 1.82) is 0 Å². The summed E-state index contributed by atoms with van der Waals surface area (Å²) in [6.45, 7) is 1.37. The number of halogens is 3. The summed E-state index contributed by atoms with van der Waals surface area (Å²) in [5.74, 6) is -3.33. The molecule has 0 spiro atoms. The second-order valence-electron chi connectivity index (χ2n) is 8.76. The number of aromatic nitrogens is 3. The van der Waals surface area contributed by atoms with Crippen molar-refractivity contribution in [2.75, 3.05) is 23.2 Å². The highest BCUT2D eigenvalue weighted by atomic mass is 32.2. The van der Waals surface area contributed by atoms with E-state index in [1.807, 2.05) is 35.1 Å². The van der Waals surface area contributed by atoms with Crippen LogP contribution in [0, 0.1) is 24.4 Å². The highest BCUT2D eigenvalue weighted by Gasteiger charge is 2.28. The number of aliphatic hydroxyl groups is 1. The lowest BCUT2D eigenvalue weighted by Crippen LogP contribution is -2.18. The Labute approximate surface area is 237 Å². The zero-order valence-electron chi connectivity index (χ0n) is 21.4. The molecular weight excluding hydrogens is 575 g/mol. The van der Waals surface area contributed by atoms with Crippen molar-refractivity contribution >= 4 is 33.0 Å². The van der Waals surface area contributed by atoms with E-state index in [1.165, 1.54) is 36.6 Å². The average molecular weight is 598 g/mol. The number of hydrogen-bond acceptors (Lipinski definition) is 8. The van der Waals surface area contributed by atoms with Crippen LogP contribution in [-0.2, 0) is 10.0 Å². The van der Waals surface area contributed by atoms with Crippen molar-refractivity contribution < 1.29 is 26.7 Å². The van der Waals surface area contributed by atoms with Crippen LogP contribution in [0.3, 0.4) is 0 Å². The maximum absolute atomic E-state index is 16.0. The largest absolute Gasteiger partial charge is 0.395 e. The van der Waals surface area contributed by atoms with Gasteiger partial charge in [0.25, 0.3) is 10.0 Å². The first-order valence-corrected chi connectivity index (χ1v) is 14.5. The fourth-order valence-corrected chi connectivity index (χ4v) is 6.31. The number of nitrogens with one attached hydrogen (secondary N) is 2. The number of anilines is 2. The first kappa shape index (κ1) is 28.2. The van der Waals surface area contributed by atoms with Gasteiger partial charge in [-0.05, 0) is 36.8 Å². The molecule has 0 aliphatic carbocycles. The fraction of sp³-hybridized carbons (Fsp3) is 0.107. The van der Waals surface area contributed by atoms with Gasteiger partial charge in [0.15, 0.2) is 10.7 Å². The van der Waals surface area contributed by atoms with Gasteiger partial charge in [0.05, 0.1) is 28.6 Å². The van der Waals surface area contributed by atoms with Crippen molar-refractivity contribution in [1.82, 2.24) is 15.0 Å². The summed E-state index contributed by atoms with van der Waals surface area (Å²) in [5, 5.41) is 12.6. The number of aliphatic hydroxyl groups excluding tert-OH is 1. The Morgan fingerprint density at radius 1 is 0.927 bits per heavy atom. The van der Waals surface area contributed by atoms with Gasteiger partial charge in [-0.2, -0.15) is 0 Å². The lowest BCUT2D eigenvalue weighted by molar-refractivity contribution is 0.311. The molecule has 0 amide bonds. The zero-order chi connectivity index (χ0) is 29.1. The predicted octanol–water partition coefficient (Wildman–Crippen LogP) is 5.86. The quantitative estimate of drug-likeness (QED) is 0.195. The van der Waals surface area contributed by atoms with Crippen LogP contribution in [0.5, 0.6) is 0 Å². The Morgan fingerprint density at radius 2 is 1.71 bits per heavy atom. The number of rotatable bonds is 9. The van der Waals surface area contributed by atoms with E-state index in [0.717, 1.165) is 23.8 Å². The SMILES string of the molecule is Cc1ccc(F)c(S(=O)(=O)Nc2cccc(-c3nc(-c4ccccc4)sc3-c3ccnc(NCCO)n3)c2F)c1F. The van der Waals surface area contributed by atoms with Gasteiger partial charge in [0.2, 0.25) is 5.95 Å². The minimum atomic E-state index is -4.84. The predicted molar refractivity (Wildman–Crippen MR) is 151 cm³/mol. The van der Waals surface area contributed by atoms with Crippen LogP contribution in [0.1, 0.15) is 5.56 Å². The number of thiazole rings is 1. The summed E-state index contributed by atoms with van der Waals surface area (Å²) in [6, 6.07) is 16.7. The highest BCUT2D eigenvalue weighted by Crippen LogP contribution is 2.42. The molecule has 0 atom stereocenters. The van der Waals surface area contributed by atoms with Crippen molar-refractivity contribution in [3.05, 3.63) is 95.9 Å². The number of hydrogen-bond donors (Lipinski definition) is 3. The summed E-state index contributed by atoms with van der Waals surface area (Å²) < 4.78 is 73.0. The molecule has 0 aliphatic heterocycles. The Hall–Kier alpha value is -4.33. The van der Waals surface area contributed by atoms with Gasteiger partial charge in [-0.3, -0.25) is 4.72 Å². The molecule has 0 fully saturated rings. The summed E-state index contributed by atoms with van der Waals surface area (Å²) in [6.07, 6.45) is 1.50. The summed E-state index contributed by atoms with van der Waals surface area (Å²) in [7, 11) is -4.84. The van der Waals surface area contributed by atoms with Crippen molar-refractivity contribution in [3.63, 3.8) is 0 Å². The van der Waals surface area contributed by atoms with Gasteiger partial charge in [-0.25, -0.2) is 36.5 Å². The monoisotopic (exact) mass is 597 g/mol. The molecule has 0 radical (unpaired) electrons. The molecule has 41 heavy (non-hydrogen) atoms. The molecule has 3 aromatic carbocycles. The standard InChI is InChI=1S/C28H22F3N5O3S2/c1-16-10-11-19(29)26(22(16)30)41(38,39)36-20-9-5-8-18(23(20)31)24-25(21-12-13-32-28(34-21)33-14-15-37)40-27(35-24)17-6-3-2-4-7-17/h2-13,36-37H,14-15H2,1H3,(H,32,33,34). The van der Waals surface area contributed by atoms with E-state index in [0.29, 0.717) is 15.6 Å². The van der Waals surface area contributed by atoms with Crippen LogP contribution in [-0.4, -0.2) is 41.6 Å². The topological polar surface area (TPSA) is 117 Å². The van der Waals surface area contributed by atoms with Crippen molar-refractivity contribution in [3.8, 4) is 32.4 Å². The molecule has 8 nitrogen and oxygen atoms in total. The second kappa shape index (κ2) is 11.6. The van der Waals surface area contributed by atoms with Crippen LogP contribution in [0.2, 0.25) is 0 Å². The number of sulfonamides is 1. The summed E-state index contributed by atoms with van der Waals surface area (Å²) in [5.41, 5.74) is 0.680. The van der Waals surface area contributed by atoms with Gasteiger partial charge in [-0.1, -0.05) is 42.5 Å². The fourth-order valence-electron chi connectivity index (χ4n) is 3.99. The normalized spacial score (nSPS) is 11.4. The summed E-state index contributed by atoms with van der Waals surface area (Å²) >= 11 is 1.24. The third-order valence-electron chi connectivity index (χ3n) is 5.94. The average Bonchev–Trinajstić information content (AvgIpc) is 3.41. The maximum atomic E-state index is 16.0. The van der Waals surface area contributed by atoms with Gasteiger partial charge in [0.1, 0.15) is 16.6 Å². The zero-order valence-corrected chi connectivity index (χ0v) is 23.0. The molecule has 0 saturated heterocycles. The van der Waals surface area contributed by atoms with Crippen LogP contribution in [0.4, 0.5) is 24.8 Å². The minimum Gasteiger partial charge on any atom is -0.395 e. The van der Waals surface area contributed by atoms with Gasteiger partial charge in [-0.15, -0.1) is 11.3 Å². The van der Waals surface area contributed by atoms with E-state index < -0.39 is 38.1 Å². The lowest BCUT2D eigenvalue weighted by Gasteiger charge is -2.13. The third kappa shape index (κ3) is 5.78. The smallest absolute Gasteiger partial charge is 0.267 e. The molecule has 0 aliphatic rings. The minimum absolute atomic E-state index is 0.0627. The van der Waals surface area contributed by atoms with Gasteiger partial charge >= 0.3 is 0 Å². The first-order valence-electron chi connectivity index (χ1n) is 12.2. The van der Waals surface area contributed by atoms with E-state index >= 15 is 4.39 Å². The number of nitrogens with zero attached hydrogens (tertiary/aromatic N) is 3. The molecule has 0 unspecified atom stereocenters. The van der Waals surface area contributed by atoms with Crippen LogP contribution >= 0.6 is 11.3 Å². The highest BCUT2D eigenvalue weighted by molar-refractivity contribution is 7.92. The summed E-state index contributed by atoms with van der Waals surface area (Å²) in [4.78, 5) is 12.5. The van der Waals surface area contributed by atoms with Gasteiger partial charge in [0, 0.05) is 23.9 Å². The Bertz CT molecular complexity index is 1830. The van der Waals surface area contributed by atoms with Crippen LogP contribution in [0.25, 0.3) is 32.4 Å². The second-order valence-corrected chi connectivity index (χ2v) is 11.4. The van der Waals surface area contributed by atoms with E-state index in [4.69, 9.17) is 5.11 Å². The molecule has 0 saturated carbocycles. The Kier molecular flexibility index (Phi) is 8.01. The molecular formula is C28H22F3N5O3S2. The Balaban J connectivity index is 1.62. The third-order valence-corrected chi connectivity index (χ3v) is 8.47. The number of benzene rings is 3. The molecule has 3 N–H and O–H groups in total. The van der Waals surface area contributed by atoms with E-state index in [2.05, 4.69) is 20.3 Å². The van der Waals surface area contributed by atoms with E-state index in [1.54, 1.807) is 6.07 Å². The van der Waals surface area contributed by atoms with Crippen LogP contribution in [0.15, 0.2) is 77.8 Å². The van der Waals surface area contributed by atoms with Gasteiger partial charge < -0.3 is 10.4 Å². The molecule has 2 heterocycles. The Morgan fingerprint density at radius 3 is 2.46 bits per heavy atom. The molecule has 13 heteroatoms. The van der Waals surface area contributed by atoms with E-state index in [-0.39, 0.29) is 35.9 Å². The van der Waals surface area contributed by atoms with Crippen molar-refractivity contribution in [2.45, 2.75) is 11.8 Å². The van der Waals surface area contributed by atoms with E-state index in [9.17, 15) is 17.2 Å². The molecule has 2 aromatic heterocycles. The van der Waals surface area contributed by atoms with Crippen molar-refractivity contribution in [2.24, 2.45) is 0 Å². The molecule has 210 valence electrons. The molecule has 5 aromatic rings. The molecule has 0 bridgehead atoms. The maximum Gasteiger partial charge on any atom is 0.267 e. The first-order chi connectivity index (χ1) is 19.7. The van der Waals surface area contributed by atoms with Crippen LogP contribution < -0.4 is 10.0 Å².